The quantitative estimate of drug-likeness (QED) is 0.265. The van der Waals surface area contributed by atoms with Crippen molar-refractivity contribution >= 4 is 12.0 Å². The largest absolute Gasteiger partial charge is 0.493 e. The molecule has 2 amide bonds. The number of piperazine rings is 1. The van der Waals surface area contributed by atoms with Gasteiger partial charge in [0.25, 0.3) is 0 Å². The predicted octanol–water partition coefficient (Wildman–Crippen LogP) is 5.51. The third kappa shape index (κ3) is 9.55. The Kier molecular flexibility index (Phi) is 11.4. The summed E-state index contributed by atoms with van der Waals surface area (Å²) >= 11 is 0. The minimum absolute atomic E-state index is 0.0161. The number of ether oxygens (including phenoxy) is 2. The van der Waals surface area contributed by atoms with Crippen LogP contribution in [0.3, 0.4) is 0 Å². The van der Waals surface area contributed by atoms with Crippen LogP contribution in [0.5, 0.6) is 5.75 Å². The van der Waals surface area contributed by atoms with E-state index in [4.69, 9.17) is 9.47 Å². The van der Waals surface area contributed by atoms with Gasteiger partial charge in [0.05, 0.1) is 6.61 Å². The molecular weight excluding hydrogens is 595 g/mol. The van der Waals surface area contributed by atoms with Gasteiger partial charge in [-0.2, -0.15) is 0 Å². The summed E-state index contributed by atoms with van der Waals surface area (Å²) in [4.78, 5) is 33.6. The normalized spacial score (nSPS) is 18.4. The SMILES string of the molecule is O=C(N[C@@H](C(=O)N1CCN(Cc2c(F)cccc2OCC2CC2)CC1)C1CCN(CCc2ccccc2)CC1)OCc1ccccc1. The van der Waals surface area contributed by atoms with Crippen molar-refractivity contribution in [3.05, 3.63) is 101 Å². The second-order valence-electron chi connectivity index (χ2n) is 13.2. The molecule has 3 fully saturated rings. The summed E-state index contributed by atoms with van der Waals surface area (Å²) in [7, 11) is 0. The van der Waals surface area contributed by atoms with Crippen LogP contribution in [0, 0.1) is 17.7 Å². The van der Waals surface area contributed by atoms with E-state index in [1.54, 1.807) is 6.07 Å². The fourth-order valence-corrected chi connectivity index (χ4v) is 6.58. The average molecular weight is 643 g/mol. The highest BCUT2D eigenvalue weighted by Gasteiger charge is 2.37. The Bertz CT molecular complexity index is 1440. The number of halogens is 1. The van der Waals surface area contributed by atoms with Gasteiger partial charge in [0.1, 0.15) is 24.2 Å². The van der Waals surface area contributed by atoms with Crippen LogP contribution >= 0.6 is 0 Å². The number of amides is 2. The van der Waals surface area contributed by atoms with E-state index in [0.717, 1.165) is 44.5 Å². The van der Waals surface area contributed by atoms with Gasteiger partial charge in [-0.05, 0) is 80.3 Å². The number of alkyl carbamates (subject to hydrolysis) is 1. The number of hydrogen-bond acceptors (Lipinski definition) is 6. The lowest BCUT2D eigenvalue weighted by atomic mass is 9.88. The molecule has 47 heavy (non-hydrogen) atoms. The molecule has 0 aromatic heterocycles. The molecule has 3 aromatic carbocycles. The maximum Gasteiger partial charge on any atom is 0.408 e. The molecule has 9 heteroatoms. The molecule has 3 aromatic rings. The lowest BCUT2D eigenvalue weighted by molar-refractivity contribution is -0.137. The number of carbonyl (C=O) groups is 2. The van der Waals surface area contributed by atoms with E-state index in [1.165, 1.54) is 24.5 Å². The molecule has 1 saturated carbocycles. The monoisotopic (exact) mass is 642 g/mol. The van der Waals surface area contributed by atoms with Gasteiger partial charge in [-0.1, -0.05) is 66.7 Å². The van der Waals surface area contributed by atoms with Crippen LogP contribution < -0.4 is 10.1 Å². The van der Waals surface area contributed by atoms with Gasteiger partial charge in [-0.3, -0.25) is 9.69 Å². The molecular formula is C38H47FN4O4. The fraction of sp³-hybridized carbons (Fsp3) is 0.474. The number of hydrogen-bond donors (Lipinski definition) is 1. The highest BCUT2D eigenvalue weighted by Crippen LogP contribution is 2.31. The zero-order valence-corrected chi connectivity index (χ0v) is 27.2. The lowest BCUT2D eigenvalue weighted by Gasteiger charge is -2.40. The minimum Gasteiger partial charge on any atom is -0.493 e. The number of piperidine rings is 1. The van der Waals surface area contributed by atoms with Gasteiger partial charge in [0.15, 0.2) is 0 Å². The predicted molar refractivity (Wildman–Crippen MR) is 179 cm³/mol. The molecule has 0 spiro atoms. The van der Waals surface area contributed by atoms with Gasteiger partial charge in [0.2, 0.25) is 5.91 Å². The van der Waals surface area contributed by atoms with Crippen LogP contribution in [0.15, 0.2) is 78.9 Å². The van der Waals surface area contributed by atoms with E-state index in [0.29, 0.717) is 56.6 Å². The van der Waals surface area contributed by atoms with Crippen LogP contribution in [0.4, 0.5) is 9.18 Å². The number of likely N-dealkylation sites (tertiary alicyclic amines) is 1. The minimum atomic E-state index is -0.657. The molecule has 2 heterocycles. The standard InChI is InChI=1S/C38H47FN4O4/c39-34-12-7-13-35(46-27-31-14-15-31)33(34)26-42-22-24-43(25-23-42)37(44)36(40-38(45)47-28-30-10-5-2-6-11-30)32-17-20-41(21-18-32)19-16-29-8-3-1-4-9-29/h1-13,31-32,36H,14-28H2,(H,40,45)/t36-/m1/s1. The summed E-state index contributed by atoms with van der Waals surface area (Å²) in [5, 5.41) is 2.97. The molecule has 250 valence electrons. The summed E-state index contributed by atoms with van der Waals surface area (Å²) in [5.41, 5.74) is 2.79. The van der Waals surface area contributed by atoms with Crippen LogP contribution in [0.2, 0.25) is 0 Å². The van der Waals surface area contributed by atoms with Crippen LogP contribution in [-0.2, 0) is 29.1 Å². The Balaban J connectivity index is 1.05. The lowest BCUT2D eigenvalue weighted by Crippen LogP contribution is -2.58. The summed E-state index contributed by atoms with van der Waals surface area (Å²) in [5.74, 6) is 0.888. The van der Waals surface area contributed by atoms with Crippen molar-refractivity contribution in [2.75, 3.05) is 52.4 Å². The van der Waals surface area contributed by atoms with E-state index in [1.807, 2.05) is 47.4 Å². The van der Waals surface area contributed by atoms with Gasteiger partial charge in [0, 0.05) is 44.8 Å². The van der Waals surface area contributed by atoms with Crippen molar-refractivity contribution in [2.45, 2.75) is 51.3 Å². The van der Waals surface area contributed by atoms with Crippen LogP contribution in [0.25, 0.3) is 0 Å². The highest BCUT2D eigenvalue weighted by atomic mass is 19.1. The maximum atomic E-state index is 14.9. The smallest absolute Gasteiger partial charge is 0.408 e. The van der Waals surface area contributed by atoms with Gasteiger partial charge >= 0.3 is 6.09 Å². The first-order valence-corrected chi connectivity index (χ1v) is 17.2. The number of nitrogens with zero attached hydrogens (tertiary/aromatic N) is 3. The van der Waals surface area contributed by atoms with E-state index in [2.05, 4.69) is 39.4 Å². The average Bonchev–Trinajstić information content (AvgIpc) is 3.95. The third-order valence-electron chi connectivity index (χ3n) is 9.73. The first kappa shape index (κ1) is 33.0. The van der Waals surface area contributed by atoms with Crippen LogP contribution in [-0.4, -0.2) is 85.2 Å². The zero-order valence-electron chi connectivity index (χ0n) is 27.2. The Morgan fingerprint density at radius 1 is 0.787 bits per heavy atom. The zero-order chi connectivity index (χ0) is 32.4. The molecule has 0 radical (unpaired) electrons. The van der Waals surface area contributed by atoms with Crippen molar-refractivity contribution < 1.29 is 23.5 Å². The fourth-order valence-electron chi connectivity index (χ4n) is 6.58. The van der Waals surface area contributed by atoms with E-state index >= 15 is 0 Å². The Morgan fingerprint density at radius 3 is 2.15 bits per heavy atom. The number of nitrogens with one attached hydrogen (secondary N) is 1. The molecule has 0 bridgehead atoms. The van der Waals surface area contributed by atoms with Gasteiger partial charge in [-0.25, -0.2) is 9.18 Å². The van der Waals surface area contributed by atoms with Crippen molar-refractivity contribution in [1.29, 1.82) is 0 Å². The van der Waals surface area contributed by atoms with E-state index < -0.39 is 12.1 Å². The molecule has 2 aliphatic heterocycles. The molecule has 1 aliphatic carbocycles. The summed E-state index contributed by atoms with van der Waals surface area (Å²) in [6.07, 6.45) is 4.41. The molecule has 0 unspecified atom stereocenters. The number of rotatable bonds is 13. The first-order chi connectivity index (χ1) is 23.0. The highest BCUT2D eigenvalue weighted by molar-refractivity contribution is 5.86. The topological polar surface area (TPSA) is 74.4 Å². The maximum absolute atomic E-state index is 14.9. The second-order valence-corrected chi connectivity index (χ2v) is 13.2. The number of carbonyl (C=O) groups excluding carboxylic acids is 2. The molecule has 6 rings (SSSR count). The van der Waals surface area contributed by atoms with Gasteiger partial charge in [-0.15, -0.1) is 0 Å². The van der Waals surface area contributed by atoms with Crippen molar-refractivity contribution in [3.8, 4) is 5.75 Å². The third-order valence-corrected chi connectivity index (χ3v) is 9.73. The second kappa shape index (κ2) is 16.2. The van der Waals surface area contributed by atoms with Crippen LogP contribution in [0.1, 0.15) is 42.4 Å². The Hall–Kier alpha value is -3.95. The molecule has 1 N–H and O–H groups in total. The van der Waals surface area contributed by atoms with E-state index in [-0.39, 0.29) is 24.2 Å². The van der Waals surface area contributed by atoms with Gasteiger partial charge < -0.3 is 24.6 Å². The molecule has 2 saturated heterocycles. The Labute approximate surface area is 277 Å². The number of benzene rings is 3. The summed E-state index contributed by atoms with van der Waals surface area (Å²) < 4.78 is 26.4. The summed E-state index contributed by atoms with van der Waals surface area (Å²) in [6.45, 7) is 6.20. The van der Waals surface area contributed by atoms with E-state index in [9.17, 15) is 14.0 Å². The molecule has 8 nitrogen and oxygen atoms in total. The van der Waals surface area contributed by atoms with Crippen molar-refractivity contribution in [3.63, 3.8) is 0 Å². The first-order valence-electron chi connectivity index (χ1n) is 17.2. The van der Waals surface area contributed by atoms with Crippen molar-refractivity contribution in [1.82, 2.24) is 20.0 Å². The molecule has 1 atom stereocenters. The summed E-state index contributed by atoms with van der Waals surface area (Å²) in [6, 6.07) is 24.4. The molecule has 3 aliphatic rings. The Morgan fingerprint density at radius 2 is 1.47 bits per heavy atom. The van der Waals surface area contributed by atoms with Crippen molar-refractivity contribution in [2.24, 2.45) is 11.8 Å².